The molecule has 206 valence electrons. The minimum atomic E-state index is -3.49. The van der Waals surface area contributed by atoms with Crippen molar-refractivity contribution >= 4 is 5.97 Å². The first kappa shape index (κ1) is 28.8. The molecule has 0 amide bonds. The van der Waals surface area contributed by atoms with E-state index in [1.165, 1.54) is 6.92 Å². The second kappa shape index (κ2) is 12.8. The van der Waals surface area contributed by atoms with E-state index in [1.807, 2.05) is 12.1 Å². The molecule has 6 nitrogen and oxygen atoms in total. The maximum atomic E-state index is 12.6. The van der Waals surface area contributed by atoms with Crippen molar-refractivity contribution in [2.24, 2.45) is 0 Å². The monoisotopic (exact) mass is 616 g/mol. The number of aliphatic hydroxyl groups excluding tert-OH is 2. The van der Waals surface area contributed by atoms with Gasteiger partial charge in [-0.15, -0.1) is 0 Å². The molecule has 4 rings (SSSR count). The van der Waals surface area contributed by atoms with Gasteiger partial charge < -0.3 is 0 Å². The number of carbonyl (C=O) groups excluding carboxylic acids is 1. The van der Waals surface area contributed by atoms with Crippen molar-refractivity contribution in [1.29, 1.82) is 0 Å². The van der Waals surface area contributed by atoms with Crippen molar-refractivity contribution < 1.29 is 45.1 Å². The zero-order chi connectivity index (χ0) is 27.9. The van der Waals surface area contributed by atoms with E-state index in [9.17, 15) is 25.2 Å². The molecule has 4 aromatic carbocycles. The van der Waals surface area contributed by atoms with Crippen LogP contribution in [0.15, 0.2) is 121 Å². The number of carbonyl (C=O) groups is 1. The topological polar surface area (TPSA) is 107 Å². The molecule has 0 saturated heterocycles. The van der Waals surface area contributed by atoms with Crippen LogP contribution < -0.4 is 0 Å². The summed E-state index contributed by atoms with van der Waals surface area (Å²) in [6.45, 7) is 1.23. The van der Waals surface area contributed by atoms with Crippen molar-refractivity contribution in [2.75, 3.05) is 0 Å². The van der Waals surface area contributed by atoms with Gasteiger partial charge in [-0.05, 0) is 0 Å². The zero-order valence-electron chi connectivity index (χ0n) is 21.6. The van der Waals surface area contributed by atoms with E-state index in [1.54, 1.807) is 109 Å². The second-order valence-electron chi connectivity index (χ2n) is 9.22. The van der Waals surface area contributed by atoms with Crippen LogP contribution in [0.2, 0.25) is 0 Å². The number of benzene rings is 4. The van der Waals surface area contributed by atoms with Crippen molar-refractivity contribution in [2.45, 2.75) is 40.4 Å². The van der Waals surface area contributed by atoms with E-state index in [2.05, 4.69) is 0 Å². The van der Waals surface area contributed by atoms with Crippen molar-refractivity contribution in [1.82, 2.24) is 0 Å². The fraction of sp³-hybridized carbons (Fsp3) is 0.219. The van der Waals surface area contributed by atoms with Gasteiger partial charge in [-0.2, -0.15) is 0 Å². The first-order valence-corrected chi connectivity index (χ1v) is 14.9. The fourth-order valence-electron chi connectivity index (χ4n) is 4.42. The Morgan fingerprint density at radius 2 is 0.949 bits per heavy atom. The van der Waals surface area contributed by atoms with Crippen LogP contribution >= 0.6 is 0 Å². The number of rotatable bonds is 11. The van der Waals surface area contributed by atoms with Crippen molar-refractivity contribution in [3.05, 3.63) is 144 Å². The number of aliphatic hydroxyl groups is 4. The molecule has 4 N–H and O–H groups in total. The van der Waals surface area contributed by atoms with Gasteiger partial charge in [0.25, 0.3) is 0 Å². The molecule has 0 spiro atoms. The SMILES string of the molecule is CC(=O)[O][Rh]([C](O)(CC(O)c1ccccc1)c1ccccc1)[C](O)(CC(O)c1ccccc1)c1ccccc1. The van der Waals surface area contributed by atoms with Gasteiger partial charge in [0, 0.05) is 0 Å². The Balaban J connectivity index is 1.89. The van der Waals surface area contributed by atoms with Crippen molar-refractivity contribution in [3.8, 4) is 0 Å². The summed E-state index contributed by atoms with van der Waals surface area (Å²) in [5.74, 6) is -0.672. The molecule has 0 aliphatic rings. The standard InChI is InChI=1S/2C15H15O2.C2H4O2.Rh/c2*16-14(12-7-3-1-4-8-12)11-15(17)13-9-5-2-6-10-13;1-2(3)4;/h2*1-10,14,16-17H,11H2;1H3,(H,3,4);/q;;;+1/p-1. The predicted molar refractivity (Wildman–Crippen MR) is 144 cm³/mol. The van der Waals surface area contributed by atoms with Gasteiger partial charge in [0.05, 0.1) is 0 Å². The number of hydrogen-bond acceptors (Lipinski definition) is 6. The van der Waals surface area contributed by atoms with E-state index in [4.69, 9.17) is 3.56 Å². The van der Waals surface area contributed by atoms with E-state index < -0.39 is 42.9 Å². The van der Waals surface area contributed by atoms with Gasteiger partial charge in [-0.1, -0.05) is 0 Å². The first-order valence-electron chi connectivity index (χ1n) is 12.6. The Kier molecular flexibility index (Phi) is 9.44. The molecular formula is C32H33O6Rh. The van der Waals surface area contributed by atoms with Crippen LogP contribution in [0.1, 0.15) is 54.2 Å². The average Bonchev–Trinajstić information content (AvgIpc) is 2.97. The molecule has 39 heavy (non-hydrogen) atoms. The van der Waals surface area contributed by atoms with Gasteiger partial charge in [0.1, 0.15) is 0 Å². The fourth-order valence-corrected chi connectivity index (χ4v) is 9.22. The molecule has 0 bridgehead atoms. The summed E-state index contributed by atoms with van der Waals surface area (Å²) in [6.07, 6.45) is -2.73. The normalized spacial score (nSPS) is 16.3. The van der Waals surface area contributed by atoms with Crippen LogP contribution in [-0.4, -0.2) is 26.4 Å². The predicted octanol–water partition coefficient (Wildman–Crippen LogP) is 5.02. The summed E-state index contributed by atoms with van der Waals surface area (Å²) in [7, 11) is 0. The Labute approximate surface area is 234 Å². The molecule has 4 unspecified atom stereocenters. The van der Waals surface area contributed by atoms with E-state index in [0.717, 1.165) is 0 Å². The van der Waals surface area contributed by atoms with Crippen LogP contribution in [0.4, 0.5) is 0 Å². The summed E-state index contributed by atoms with van der Waals surface area (Å²) >= 11 is -3.49. The third-order valence-electron chi connectivity index (χ3n) is 6.35. The van der Waals surface area contributed by atoms with Crippen LogP contribution in [0.3, 0.4) is 0 Å². The quantitative estimate of drug-likeness (QED) is 0.177. The third kappa shape index (κ3) is 6.70. The molecule has 0 aromatic heterocycles. The molecule has 4 aromatic rings. The van der Waals surface area contributed by atoms with Gasteiger partial charge in [0.15, 0.2) is 0 Å². The summed E-state index contributed by atoms with van der Waals surface area (Å²) < 4.78 is 2.06. The number of hydrogen-bond donors (Lipinski definition) is 4. The first-order chi connectivity index (χ1) is 18.7. The van der Waals surface area contributed by atoms with Gasteiger partial charge in [0.2, 0.25) is 0 Å². The van der Waals surface area contributed by atoms with E-state index >= 15 is 0 Å². The Hall–Kier alpha value is -3.19. The van der Waals surface area contributed by atoms with E-state index in [0.29, 0.717) is 22.3 Å². The molecule has 0 saturated carbocycles. The molecule has 0 heterocycles. The summed E-state index contributed by atoms with van der Waals surface area (Å²) in [5.41, 5.74) is 1.95. The van der Waals surface area contributed by atoms with Crippen LogP contribution in [0, 0.1) is 0 Å². The van der Waals surface area contributed by atoms with Gasteiger partial charge in [-0.25, -0.2) is 0 Å². The molecule has 0 aliphatic carbocycles. The summed E-state index contributed by atoms with van der Waals surface area (Å²) in [5, 5.41) is 47.7. The molecule has 0 aliphatic heterocycles. The third-order valence-corrected chi connectivity index (χ3v) is 11.2. The van der Waals surface area contributed by atoms with E-state index in [-0.39, 0.29) is 12.8 Å². The molecular weight excluding hydrogens is 583 g/mol. The van der Waals surface area contributed by atoms with Gasteiger partial charge >= 0.3 is 235 Å². The molecule has 7 heteroatoms. The molecule has 0 radical (unpaired) electrons. The molecule has 4 atom stereocenters. The summed E-state index contributed by atoms with van der Waals surface area (Å²) in [4.78, 5) is 12.6. The van der Waals surface area contributed by atoms with Crippen molar-refractivity contribution in [3.63, 3.8) is 0 Å². The second-order valence-corrected chi connectivity index (χ2v) is 13.3. The molecule has 0 fully saturated rings. The Morgan fingerprint density at radius 3 is 1.26 bits per heavy atom. The van der Waals surface area contributed by atoms with Gasteiger partial charge in [-0.3, -0.25) is 0 Å². The summed E-state index contributed by atoms with van der Waals surface area (Å²) in [6, 6.07) is 35.1. The Bertz CT molecular complexity index is 1230. The van der Waals surface area contributed by atoms with Crippen LogP contribution in [0.25, 0.3) is 0 Å². The zero-order valence-corrected chi connectivity index (χ0v) is 23.2. The average molecular weight is 617 g/mol. The Morgan fingerprint density at radius 1 is 0.641 bits per heavy atom. The minimum absolute atomic E-state index is 0.238. The van der Waals surface area contributed by atoms with Crippen LogP contribution in [-0.2, 0) is 33.1 Å². The van der Waals surface area contributed by atoms with Crippen LogP contribution in [0.5, 0.6) is 0 Å². The maximum absolute atomic E-state index is 12.6.